The molecular weight excluding hydrogens is 272 g/mol. The minimum Gasteiger partial charge on any atom is -0.396 e. The van der Waals surface area contributed by atoms with E-state index in [0.717, 1.165) is 18.5 Å². The highest BCUT2D eigenvalue weighted by Crippen LogP contribution is 2.19. The molecule has 1 atom stereocenters. The van der Waals surface area contributed by atoms with E-state index in [1.807, 2.05) is 6.20 Å². The van der Waals surface area contributed by atoms with Crippen LogP contribution in [0.3, 0.4) is 0 Å². The number of aromatic nitrogens is 3. The Kier molecular flexibility index (Phi) is 6.77. The van der Waals surface area contributed by atoms with Gasteiger partial charge in [-0.25, -0.2) is 0 Å². The van der Waals surface area contributed by atoms with E-state index in [1.165, 1.54) is 0 Å². The molecule has 120 valence electrons. The van der Waals surface area contributed by atoms with Crippen molar-refractivity contribution < 1.29 is 15.0 Å². The van der Waals surface area contributed by atoms with Crippen LogP contribution in [-0.2, 0) is 17.8 Å². The SMILES string of the molecule is CCCc1cn(CCCNC(=O)[C@H](O)C(C)(C)CO)nn1. The lowest BCUT2D eigenvalue weighted by atomic mass is 9.87. The van der Waals surface area contributed by atoms with Gasteiger partial charge in [0.25, 0.3) is 0 Å². The number of nitrogens with zero attached hydrogens (tertiary/aromatic N) is 3. The zero-order valence-corrected chi connectivity index (χ0v) is 13.0. The van der Waals surface area contributed by atoms with E-state index < -0.39 is 17.4 Å². The second kappa shape index (κ2) is 8.09. The molecule has 1 amide bonds. The minimum atomic E-state index is -1.22. The fourth-order valence-electron chi connectivity index (χ4n) is 1.81. The van der Waals surface area contributed by atoms with Gasteiger partial charge in [-0.05, 0) is 12.8 Å². The largest absolute Gasteiger partial charge is 0.396 e. The molecule has 1 aromatic rings. The Bertz CT molecular complexity index is 445. The van der Waals surface area contributed by atoms with E-state index in [0.29, 0.717) is 19.5 Å². The van der Waals surface area contributed by atoms with Crippen molar-refractivity contribution in [3.8, 4) is 0 Å². The number of hydrogen-bond acceptors (Lipinski definition) is 5. The molecule has 7 nitrogen and oxygen atoms in total. The van der Waals surface area contributed by atoms with E-state index in [9.17, 15) is 9.90 Å². The van der Waals surface area contributed by atoms with Gasteiger partial charge in [0.05, 0.1) is 12.3 Å². The zero-order valence-electron chi connectivity index (χ0n) is 13.0. The second-order valence-electron chi connectivity index (χ2n) is 5.92. The maximum absolute atomic E-state index is 11.7. The third kappa shape index (κ3) is 5.43. The zero-order chi connectivity index (χ0) is 15.9. The van der Waals surface area contributed by atoms with Crippen molar-refractivity contribution in [1.29, 1.82) is 0 Å². The Morgan fingerprint density at radius 2 is 2.24 bits per heavy atom. The van der Waals surface area contributed by atoms with E-state index in [1.54, 1.807) is 18.5 Å². The lowest BCUT2D eigenvalue weighted by Gasteiger charge is -2.27. The van der Waals surface area contributed by atoms with Crippen molar-refractivity contribution in [3.05, 3.63) is 11.9 Å². The number of aliphatic hydroxyl groups is 2. The molecule has 0 saturated heterocycles. The highest BCUT2D eigenvalue weighted by atomic mass is 16.3. The molecule has 21 heavy (non-hydrogen) atoms. The predicted molar refractivity (Wildman–Crippen MR) is 78.5 cm³/mol. The topological polar surface area (TPSA) is 100 Å². The van der Waals surface area contributed by atoms with Crippen molar-refractivity contribution in [2.75, 3.05) is 13.2 Å². The average molecular weight is 298 g/mol. The van der Waals surface area contributed by atoms with Gasteiger partial charge in [0.2, 0.25) is 5.91 Å². The number of carbonyl (C=O) groups excluding carboxylic acids is 1. The molecule has 0 saturated carbocycles. The summed E-state index contributed by atoms with van der Waals surface area (Å²) in [4.78, 5) is 11.7. The monoisotopic (exact) mass is 298 g/mol. The molecule has 1 heterocycles. The number of hydrogen-bond donors (Lipinski definition) is 3. The summed E-state index contributed by atoms with van der Waals surface area (Å²) in [7, 11) is 0. The molecule has 0 spiro atoms. The maximum atomic E-state index is 11.7. The molecule has 0 aliphatic rings. The molecule has 0 fully saturated rings. The van der Waals surface area contributed by atoms with Gasteiger partial charge in [0.15, 0.2) is 0 Å². The lowest BCUT2D eigenvalue weighted by Crippen LogP contribution is -2.45. The Morgan fingerprint density at radius 3 is 2.86 bits per heavy atom. The highest BCUT2D eigenvalue weighted by molar-refractivity contribution is 5.81. The summed E-state index contributed by atoms with van der Waals surface area (Å²) in [5, 5.41) is 29.7. The number of aryl methyl sites for hydroxylation is 2. The Hall–Kier alpha value is -1.47. The van der Waals surface area contributed by atoms with Crippen LogP contribution in [0.2, 0.25) is 0 Å². The molecule has 3 N–H and O–H groups in total. The van der Waals surface area contributed by atoms with E-state index in [4.69, 9.17) is 5.11 Å². The molecule has 7 heteroatoms. The van der Waals surface area contributed by atoms with Crippen LogP contribution >= 0.6 is 0 Å². The molecule has 0 aromatic carbocycles. The maximum Gasteiger partial charge on any atom is 0.249 e. The van der Waals surface area contributed by atoms with Gasteiger partial charge in [0.1, 0.15) is 6.10 Å². The Morgan fingerprint density at radius 1 is 1.52 bits per heavy atom. The fraction of sp³-hybridized carbons (Fsp3) is 0.786. The van der Waals surface area contributed by atoms with Crippen LogP contribution < -0.4 is 5.32 Å². The first-order valence-corrected chi connectivity index (χ1v) is 7.36. The Balaban J connectivity index is 2.28. The number of nitrogens with one attached hydrogen (secondary N) is 1. The molecule has 0 bridgehead atoms. The average Bonchev–Trinajstić information content (AvgIpc) is 2.90. The first kappa shape index (κ1) is 17.6. The lowest BCUT2D eigenvalue weighted by molar-refractivity contribution is -0.137. The molecule has 1 rings (SSSR count). The van der Waals surface area contributed by atoms with Gasteiger partial charge in [-0.2, -0.15) is 0 Å². The smallest absolute Gasteiger partial charge is 0.249 e. The van der Waals surface area contributed by atoms with Crippen molar-refractivity contribution in [2.24, 2.45) is 5.41 Å². The first-order chi connectivity index (χ1) is 9.90. The molecule has 0 radical (unpaired) electrons. The van der Waals surface area contributed by atoms with Gasteiger partial charge >= 0.3 is 0 Å². The van der Waals surface area contributed by atoms with Crippen LogP contribution in [0.5, 0.6) is 0 Å². The van der Waals surface area contributed by atoms with Crippen molar-refractivity contribution >= 4 is 5.91 Å². The highest BCUT2D eigenvalue weighted by Gasteiger charge is 2.32. The summed E-state index contributed by atoms with van der Waals surface area (Å²) in [6.07, 6.45) is 3.35. The quantitative estimate of drug-likeness (QED) is 0.562. The standard InChI is InChI=1S/C14H26N4O3/c1-4-6-11-9-18(17-16-11)8-5-7-15-13(21)12(20)14(2,3)10-19/h9,12,19-20H,4-8,10H2,1-3H3,(H,15,21)/t12-/m0/s1. The predicted octanol–water partition coefficient (Wildman–Crippen LogP) is 0.116. The Labute approximate surface area is 125 Å². The molecule has 1 aromatic heterocycles. The first-order valence-electron chi connectivity index (χ1n) is 7.36. The number of rotatable bonds is 9. The van der Waals surface area contributed by atoms with Gasteiger partial charge in [-0.1, -0.05) is 32.4 Å². The number of amides is 1. The second-order valence-corrected chi connectivity index (χ2v) is 5.92. The normalized spacial score (nSPS) is 13.2. The van der Waals surface area contributed by atoms with Crippen molar-refractivity contribution in [1.82, 2.24) is 20.3 Å². The fourth-order valence-corrected chi connectivity index (χ4v) is 1.81. The summed E-state index contributed by atoms with van der Waals surface area (Å²) in [5.74, 6) is -0.459. The van der Waals surface area contributed by atoms with Crippen LogP contribution in [0, 0.1) is 5.41 Å². The third-order valence-corrected chi connectivity index (χ3v) is 3.35. The van der Waals surface area contributed by atoms with E-state index in [2.05, 4.69) is 22.6 Å². The van der Waals surface area contributed by atoms with Crippen LogP contribution in [0.25, 0.3) is 0 Å². The van der Waals surface area contributed by atoms with E-state index >= 15 is 0 Å². The third-order valence-electron chi connectivity index (χ3n) is 3.35. The molecule has 0 unspecified atom stereocenters. The molecule has 0 aliphatic heterocycles. The summed E-state index contributed by atoms with van der Waals surface area (Å²) in [5.41, 5.74) is 0.132. The van der Waals surface area contributed by atoms with Crippen molar-refractivity contribution in [2.45, 2.75) is 52.7 Å². The molecular formula is C14H26N4O3. The number of carbonyl (C=O) groups is 1. The van der Waals surface area contributed by atoms with Gasteiger partial charge in [-0.3, -0.25) is 9.48 Å². The van der Waals surface area contributed by atoms with Gasteiger partial charge < -0.3 is 15.5 Å². The summed E-state index contributed by atoms with van der Waals surface area (Å²) in [6.45, 7) is 6.23. The molecule has 0 aliphatic carbocycles. The minimum absolute atomic E-state index is 0.249. The van der Waals surface area contributed by atoms with Crippen LogP contribution in [-0.4, -0.2) is 50.4 Å². The summed E-state index contributed by atoms with van der Waals surface area (Å²) >= 11 is 0. The van der Waals surface area contributed by atoms with Crippen LogP contribution in [0.4, 0.5) is 0 Å². The van der Waals surface area contributed by atoms with E-state index in [-0.39, 0.29) is 6.61 Å². The van der Waals surface area contributed by atoms with Gasteiger partial charge in [-0.15, -0.1) is 5.10 Å². The van der Waals surface area contributed by atoms with Crippen LogP contribution in [0.15, 0.2) is 6.20 Å². The summed E-state index contributed by atoms with van der Waals surface area (Å²) < 4.78 is 1.76. The number of aliphatic hydroxyl groups excluding tert-OH is 2. The van der Waals surface area contributed by atoms with Crippen LogP contribution in [0.1, 0.15) is 39.3 Å². The van der Waals surface area contributed by atoms with Gasteiger partial charge in [0, 0.05) is 24.7 Å². The van der Waals surface area contributed by atoms with Crippen molar-refractivity contribution in [3.63, 3.8) is 0 Å². The summed E-state index contributed by atoms with van der Waals surface area (Å²) in [6, 6.07) is 0.